The number of hydrogen-bond donors (Lipinski definition) is 1. The first-order chi connectivity index (χ1) is 10.8. The lowest BCUT2D eigenvalue weighted by Crippen LogP contribution is -2.58. The van der Waals surface area contributed by atoms with Crippen LogP contribution in [0, 0.1) is 0 Å². The van der Waals surface area contributed by atoms with Gasteiger partial charge in [-0.3, -0.25) is 0 Å². The number of nitrogens with zero attached hydrogens (tertiary/aromatic N) is 2. The number of halogens is 6. The van der Waals surface area contributed by atoms with E-state index in [1.807, 2.05) is 0 Å². The highest BCUT2D eigenvalue weighted by molar-refractivity contribution is 6.01. The van der Waals surface area contributed by atoms with Crippen LogP contribution < -0.4 is 4.74 Å². The van der Waals surface area contributed by atoms with Crippen LogP contribution in [0.3, 0.4) is 0 Å². The zero-order chi connectivity index (χ0) is 18.8. The van der Waals surface area contributed by atoms with Gasteiger partial charge in [-0.25, -0.2) is 0 Å². The fourth-order valence-corrected chi connectivity index (χ4v) is 1.84. The number of rotatable bonds is 5. The first-order valence-electron chi connectivity index (χ1n) is 6.57. The van der Waals surface area contributed by atoms with Crippen molar-refractivity contribution < 1.29 is 36.2 Å². The third kappa shape index (κ3) is 4.31. The number of alkyl halides is 6. The highest BCUT2D eigenvalue weighted by Crippen LogP contribution is 2.46. The van der Waals surface area contributed by atoms with Crippen molar-refractivity contribution in [3.8, 4) is 5.75 Å². The largest absolute Gasteiger partial charge is 0.497 e. The van der Waals surface area contributed by atoms with Gasteiger partial charge in [0.2, 0.25) is 0 Å². The quantitative estimate of drug-likeness (QED) is 0.500. The predicted octanol–water partition coefficient (Wildman–Crippen LogP) is 3.21. The molecule has 24 heavy (non-hydrogen) atoms. The Hall–Kier alpha value is -1.97. The van der Waals surface area contributed by atoms with E-state index in [1.54, 1.807) is 0 Å². The minimum absolute atomic E-state index is 0.0324. The van der Waals surface area contributed by atoms with Gasteiger partial charge in [0.1, 0.15) is 5.75 Å². The van der Waals surface area contributed by atoms with Crippen LogP contribution in [0.25, 0.3) is 0 Å². The summed E-state index contributed by atoms with van der Waals surface area (Å²) in [6, 6.07) is 5.36. The first-order valence-corrected chi connectivity index (χ1v) is 6.57. The lowest BCUT2D eigenvalue weighted by Gasteiger charge is -2.32. The van der Waals surface area contributed by atoms with E-state index in [1.165, 1.54) is 45.5 Å². The first kappa shape index (κ1) is 20.1. The van der Waals surface area contributed by atoms with Crippen molar-refractivity contribution in [2.45, 2.75) is 24.4 Å². The molecule has 0 bridgehead atoms. The van der Waals surface area contributed by atoms with Gasteiger partial charge in [-0.1, -0.05) is 12.1 Å². The van der Waals surface area contributed by atoms with Crippen molar-refractivity contribution in [2.24, 2.45) is 5.10 Å². The Morgan fingerprint density at radius 1 is 1.12 bits per heavy atom. The Morgan fingerprint density at radius 2 is 1.67 bits per heavy atom. The molecule has 0 atom stereocenters. The maximum absolute atomic E-state index is 12.9. The van der Waals surface area contributed by atoms with Gasteiger partial charge in [-0.15, -0.1) is 0 Å². The minimum Gasteiger partial charge on any atom is -0.497 e. The molecule has 0 aliphatic rings. The summed E-state index contributed by atoms with van der Waals surface area (Å²) in [6.07, 6.45) is -13.6. The second-order valence-corrected chi connectivity index (χ2v) is 5.16. The van der Waals surface area contributed by atoms with Crippen molar-refractivity contribution in [3.05, 3.63) is 29.8 Å². The summed E-state index contributed by atoms with van der Waals surface area (Å²) in [5.74, 6) is 0.224. The fourth-order valence-electron chi connectivity index (χ4n) is 1.84. The van der Waals surface area contributed by atoms with Gasteiger partial charge in [0.15, 0.2) is 0 Å². The molecule has 0 aromatic heterocycles. The van der Waals surface area contributed by atoms with E-state index in [9.17, 15) is 31.4 Å². The number of hydrazone groups is 1. The van der Waals surface area contributed by atoms with Gasteiger partial charge in [-0.2, -0.15) is 31.4 Å². The predicted molar refractivity (Wildman–Crippen MR) is 74.9 cm³/mol. The maximum atomic E-state index is 12.9. The summed E-state index contributed by atoms with van der Waals surface area (Å²) >= 11 is 0. The Bertz CT molecular complexity index is 582. The van der Waals surface area contributed by atoms with Crippen LogP contribution in [0.2, 0.25) is 0 Å². The van der Waals surface area contributed by atoms with Crippen LogP contribution >= 0.6 is 0 Å². The van der Waals surface area contributed by atoms with Crippen molar-refractivity contribution in [1.82, 2.24) is 5.01 Å². The van der Waals surface area contributed by atoms with Crippen LogP contribution in [0.5, 0.6) is 5.75 Å². The smallest absolute Gasteiger partial charge is 0.426 e. The molecule has 0 aliphatic carbocycles. The molecule has 0 spiro atoms. The topological polar surface area (TPSA) is 45.1 Å². The van der Waals surface area contributed by atoms with Gasteiger partial charge in [0.05, 0.1) is 12.8 Å². The van der Waals surface area contributed by atoms with Gasteiger partial charge in [0.25, 0.3) is 5.60 Å². The Kier molecular flexibility index (Phi) is 5.75. The molecule has 1 N–H and O–H groups in total. The standard InChI is InChI=1S/C14H16F6N2O2/c1-22(2)21-11(9-5-4-6-10(7-9)24-3)8-12(23,13(15,16)17)14(18,19)20/h4-7,23H,8H2,1-3H3/b21-11-. The Balaban J connectivity index is 3.42. The van der Waals surface area contributed by atoms with Gasteiger partial charge in [0, 0.05) is 26.1 Å². The molecule has 0 heterocycles. The molecule has 1 rings (SSSR count). The average molecular weight is 358 g/mol. The van der Waals surface area contributed by atoms with Crippen LogP contribution in [0.4, 0.5) is 26.3 Å². The van der Waals surface area contributed by atoms with E-state index >= 15 is 0 Å². The molecular weight excluding hydrogens is 342 g/mol. The highest BCUT2D eigenvalue weighted by atomic mass is 19.4. The maximum Gasteiger partial charge on any atom is 0.426 e. The molecule has 1 aromatic rings. The minimum atomic E-state index is -5.92. The summed E-state index contributed by atoms with van der Waals surface area (Å²) in [6.45, 7) is 0. The summed E-state index contributed by atoms with van der Waals surface area (Å²) in [5.41, 5.74) is -5.54. The van der Waals surface area contributed by atoms with Crippen molar-refractivity contribution in [2.75, 3.05) is 21.2 Å². The highest BCUT2D eigenvalue weighted by Gasteiger charge is 2.70. The van der Waals surface area contributed by atoms with Crippen LogP contribution in [-0.4, -0.2) is 55.0 Å². The number of benzene rings is 1. The zero-order valence-electron chi connectivity index (χ0n) is 13.0. The molecule has 0 saturated carbocycles. The van der Waals surface area contributed by atoms with Crippen molar-refractivity contribution >= 4 is 5.71 Å². The zero-order valence-corrected chi connectivity index (χ0v) is 13.0. The van der Waals surface area contributed by atoms with Gasteiger partial charge >= 0.3 is 12.4 Å². The van der Waals surface area contributed by atoms with E-state index in [2.05, 4.69) is 5.10 Å². The SMILES string of the molecule is COc1cccc(/C(CC(O)(C(F)(F)F)C(F)(F)F)=N\N(C)C)c1. The second-order valence-electron chi connectivity index (χ2n) is 5.16. The van der Waals surface area contributed by atoms with Gasteiger partial charge < -0.3 is 14.9 Å². The molecule has 4 nitrogen and oxygen atoms in total. The number of hydrogen-bond acceptors (Lipinski definition) is 4. The summed E-state index contributed by atoms with van der Waals surface area (Å²) in [7, 11) is 3.96. The van der Waals surface area contributed by atoms with Crippen LogP contribution in [0.1, 0.15) is 12.0 Å². The molecule has 0 radical (unpaired) electrons. The van der Waals surface area contributed by atoms with E-state index in [0.717, 1.165) is 5.01 Å². The van der Waals surface area contributed by atoms with Crippen molar-refractivity contribution in [1.29, 1.82) is 0 Å². The summed E-state index contributed by atoms with van der Waals surface area (Å²) < 4.78 is 82.3. The molecular formula is C14H16F6N2O2. The molecule has 10 heteroatoms. The lowest BCUT2D eigenvalue weighted by molar-refractivity contribution is -0.365. The fraction of sp³-hybridized carbons (Fsp3) is 0.500. The lowest BCUT2D eigenvalue weighted by atomic mass is 9.91. The normalized spacial score (nSPS) is 13.8. The Morgan fingerprint density at radius 3 is 2.08 bits per heavy atom. The van der Waals surface area contributed by atoms with Crippen molar-refractivity contribution in [3.63, 3.8) is 0 Å². The van der Waals surface area contributed by atoms with Crippen LogP contribution in [0.15, 0.2) is 29.4 Å². The number of ether oxygens (including phenoxy) is 1. The Labute approximate surface area is 134 Å². The summed E-state index contributed by atoms with van der Waals surface area (Å²) in [4.78, 5) is 0. The molecule has 0 unspecified atom stereocenters. The molecule has 0 aliphatic heterocycles. The molecule has 0 amide bonds. The second kappa shape index (κ2) is 6.88. The molecule has 136 valence electrons. The van der Waals surface area contributed by atoms with Gasteiger partial charge in [-0.05, 0) is 12.1 Å². The summed E-state index contributed by atoms with van der Waals surface area (Å²) in [5, 5.41) is 14.1. The van der Waals surface area contributed by atoms with E-state index < -0.39 is 30.1 Å². The van der Waals surface area contributed by atoms with E-state index in [-0.39, 0.29) is 11.3 Å². The third-order valence-corrected chi connectivity index (χ3v) is 3.08. The van der Waals surface area contributed by atoms with E-state index in [0.29, 0.717) is 0 Å². The molecule has 0 fully saturated rings. The molecule has 1 aromatic carbocycles. The van der Waals surface area contributed by atoms with E-state index in [4.69, 9.17) is 4.74 Å². The van der Waals surface area contributed by atoms with Crippen LogP contribution in [-0.2, 0) is 0 Å². The number of methoxy groups -OCH3 is 1. The molecule has 0 saturated heterocycles. The monoisotopic (exact) mass is 358 g/mol. The number of aliphatic hydroxyl groups is 1. The third-order valence-electron chi connectivity index (χ3n) is 3.08. The average Bonchev–Trinajstić information content (AvgIpc) is 2.43.